The van der Waals surface area contributed by atoms with Gasteiger partial charge in [-0.2, -0.15) is 0 Å². The van der Waals surface area contributed by atoms with E-state index in [9.17, 15) is 4.79 Å². The summed E-state index contributed by atoms with van der Waals surface area (Å²) in [6.45, 7) is 3.21. The van der Waals surface area contributed by atoms with Crippen LogP contribution in [0.2, 0.25) is 0 Å². The smallest absolute Gasteiger partial charge is 0.243 e. The monoisotopic (exact) mass is 556 g/mol. The molecule has 4 heterocycles. The van der Waals surface area contributed by atoms with E-state index in [-0.39, 0.29) is 18.2 Å². The molecule has 4 aliphatic rings. The minimum Gasteiger partial charge on any atom is -0.497 e. The number of nitrogens with one attached hydrogen (secondary N) is 2. The Morgan fingerprint density at radius 2 is 1.76 bits per heavy atom. The van der Waals surface area contributed by atoms with Crippen LogP contribution >= 0.6 is 0 Å². The van der Waals surface area contributed by atoms with E-state index in [1.165, 1.54) is 30.5 Å². The van der Waals surface area contributed by atoms with E-state index < -0.39 is 0 Å². The lowest BCUT2D eigenvalue weighted by Gasteiger charge is -2.44. The Morgan fingerprint density at radius 3 is 2.54 bits per heavy atom. The quantitative estimate of drug-likeness (QED) is 0.456. The maximum Gasteiger partial charge on any atom is 0.243 e. The molecule has 0 bridgehead atoms. The Kier molecular flexibility index (Phi) is 7.26. The van der Waals surface area contributed by atoms with Crippen molar-refractivity contribution in [3.8, 4) is 5.75 Å². The zero-order valence-electron chi connectivity index (χ0n) is 23.8. The molecule has 4 atom stereocenters. The molecule has 7 rings (SSSR count). The number of methoxy groups -OCH3 is 1. The number of amides is 1. The van der Waals surface area contributed by atoms with Gasteiger partial charge in [-0.25, -0.2) is 5.43 Å². The predicted molar refractivity (Wildman–Crippen MR) is 157 cm³/mol. The lowest BCUT2D eigenvalue weighted by molar-refractivity contribution is -0.131. The first kappa shape index (κ1) is 26.3. The molecule has 10 heteroatoms. The predicted octanol–water partition coefficient (Wildman–Crippen LogP) is 3.64. The zero-order valence-corrected chi connectivity index (χ0v) is 23.8. The molecule has 3 fully saturated rings. The van der Waals surface area contributed by atoms with Crippen molar-refractivity contribution >= 4 is 17.5 Å². The fourth-order valence-electron chi connectivity index (χ4n) is 7.20. The summed E-state index contributed by atoms with van der Waals surface area (Å²) < 4.78 is 7.67. The number of fused-ring (bicyclic) bond motifs is 6. The summed E-state index contributed by atoms with van der Waals surface area (Å²) in [5, 5.41) is 15.4. The highest BCUT2D eigenvalue weighted by Crippen LogP contribution is 2.45. The summed E-state index contributed by atoms with van der Waals surface area (Å²) >= 11 is 0. The zero-order chi connectivity index (χ0) is 27.8. The van der Waals surface area contributed by atoms with Crippen molar-refractivity contribution in [1.82, 2.24) is 30.4 Å². The first-order valence-corrected chi connectivity index (χ1v) is 15.2. The fraction of sp³-hybridized carbons (Fsp3) is 0.516. The molecular formula is C31H40N8O2. The Morgan fingerprint density at radius 1 is 0.976 bits per heavy atom. The molecule has 1 aliphatic carbocycles. The van der Waals surface area contributed by atoms with Crippen LogP contribution in [0.1, 0.15) is 62.1 Å². The number of anilines is 2. The van der Waals surface area contributed by atoms with Gasteiger partial charge >= 0.3 is 0 Å². The van der Waals surface area contributed by atoms with Gasteiger partial charge in [0.25, 0.3) is 0 Å². The minimum absolute atomic E-state index is 0.0540. The number of rotatable bonds is 7. The van der Waals surface area contributed by atoms with Gasteiger partial charge in [0, 0.05) is 56.7 Å². The fourth-order valence-corrected chi connectivity index (χ4v) is 7.20. The van der Waals surface area contributed by atoms with Gasteiger partial charge in [-0.3, -0.25) is 19.7 Å². The van der Waals surface area contributed by atoms with Crippen LogP contribution in [0.4, 0.5) is 11.6 Å². The summed E-state index contributed by atoms with van der Waals surface area (Å²) in [4.78, 5) is 17.5. The van der Waals surface area contributed by atoms with E-state index in [2.05, 4.69) is 77.9 Å². The molecule has 216 valence electrons. The Bertz CT molecular complexity index is 1340. The minimum atomic E-state index is 0.0540. The molecule has 3 aliphatic heterocycles. The van der Waals surface area contributed by atoms with Crippen LogP contribution in [0.3, 0.4) is 0 Å². The third-order valence-electron chi connectivity index (χ3n) is 9.36. The average molecular weight is 557 g/mol. The standard InChI is InChI=1S/C31H40N8O2/c1-41-24-16-14-23(15-17-24)36-18-20-37(21-19-36)28(40)13-7-12-27-33-34-31-38(27)26-11-6-5-10-25(26)30-32-29(35-39(30)31)22-8-3-2-4-9-22/h2-4,8-9,14-17,25-26,29-30,32,35H,5-7,10-13,18-21H2,1H3. The molecule has 1 aromatic heterocycles. The van der Waals surface area contributed by atoms with Crippen LogP contribution in [0.5, 0.6) is 5.75 Å². The molecular weight excluding hydrogens is 516 g/mol. The first-order chi connectivity index (χ1) is 20.2. The highest BCUT2D eigenvalue weighted by Gasteiger charge is 2.48. The summed E-state index contributed by atoms with van der Waals surface area (Å²) in [7, 11) is 1.68. The lowest BCUT2D eigenvalue weighted by Crippen LogP contribution is -2.53. The van der Waals surface area contributed by atoms with Crippen LogP contribution in [-0.4, -0.2) is 65.0 Å². The van der Waals surface area contributed by atoms with Gasteiger partial charge in [-0.05, 0) is 49.1 Å². The SMILES string of the molecule is COc1ccc(N2CCN(C(=O)CCCc3nnc4n3C3CCCCC3C3NC(c5ccccc5)NN43)CC2)cc1. The topological polar surface area (TPSA) is 90.8 Å². The number of hydrogen-bond donors (Lipinski definition) is 2. The second-order valence-corrected chi connectivity index (χ2v) is 11.7. The molecule has 2 N–H and O–H groups in total. The maximum atomic E-state index is 13.1. The van der Waals surface area contributed by atoms with Crippen LogP contribution < -0.4 is 25.4 Å². The van der Waals surface area contributed by atoms with Crippen LogP contribution in [0, 0.1) is 5.92 Å². The van der Waals surface area contributed by atoms with Gasteiger partial charge < -0.3 is 14.5 Å². The number of carbonyl (C=O) groups excluding carboxylic acids is 1. The van der Waals surface area contributed by atoms with Crippen molar-refractivity contribution in [1.29, 1.82) is 0 Å². The van der Waals surface area contributed by atoms with E-state index in [0.29, 0.717) is 18.4 Å². The number of carbonyl (C=O) groups is 1. The van der Waals surface area contributed by atoms with Crippen molar-refractivity contribution in [2.24, 2.45) is 5.92 Å². The number of aryl methyl sites for hydroxylation is 1. The van der Waals surface area contributed by atoms with Crippen molar-refractivity contribution in [3.05, 3.63) is 66.0 Å². The molecule has 4 unspecified atom stereocenters. The second-order valence-electron chi connectivity index (χ2n) is 11.7. The number of aromatic nitrogens is 3. The lowest BCUT2D eigenvalue weighted by atomic mass is 9.81. The van der Waals surface area contributed by atoms with Gasteiger partial charge in [0.1, 0.15) is 23.9 Å². The summed E-state index contributed by atoms with van der Waals surface area (Å²) in [6, 6.07) is 19.1. The highest BCUT2D eigenvalue weighted by molar-refractivity contribution is 5.76. The van der Waals surface area contributed by atoms with Crippen molar-refractivity contribution in [3.63, 3.8) is 0 Å². The molecule has 1 amide bonds. The van der Waals surface area contributed by atoms with Crippen molar-refractivity contribution in [2.75, 3.05) is 43.2 Å². The normalized spacial score (nSPS) is 25.4. The van der Waals surface area contributed by atoms with Gasteiger partial charge in [-0.1, -0.05) is 43.2 Å². The van der Waals surface area contributed by atoms with Crippen LogP contribution in [0.25, 0.3) is 0 Å². The van der Waals surface area contributed by atoms with Crippen molar-refractivity contribution < 1.29 is 9.53 Å². The molecule has 1 saturated carbocycles. The number of ether oxygens (including phenoxy) is 1. The third-order valence-corrected chi connectivity index (χ3v) is 9.36. The van der Waals surface area contributed by atoms with Gasteiger partial charge in [0.2, 0.25) is 11.9 Å². The maximum absolute atomic E-state index is 13.1. The molecule has 2 aromatic carbocycles. The van der Waals surface area contributed by atoms with E-state index in [1.54, 1.807) is 7.11 Å². The van der Waals surface area contributed by atoms with E-state index in [1.807, 2.05) is 17.0 Å². The number of benzene rings is 2. The van der Waals surface area contributed by atoms with Gasteiger partial charge in [0.05, 0.1) is 7.11 Å². The van der Waals surface area contributed by atoms with Gasteiger partial charge in [0.15, 0.2) is 0 Å². The van der Waals surface area contributed by atoms with Crippen LogP contribution in [0.15, 0.2) is 54.6 Å². The summed E-state index contributed by atoms with van der Waals surface area (Å²) in [6.07, 6.45) is 7.20. The van der Waals surface area contributed by atoms with E-state index in [4.69, 9.17) is 4.74 Å². The van der Waals surface area contributed by atoms with Crippen molar-refractivity contribution in [2.45, 2.75) is 63.3 Å². The third kappa shape index (κ3) is 5.04. The Hall–Kier alpha value is -3.63. The number of hydrogen-bond acceptors (Lipinski definition) is 8. The largest absolute Gasteiger partial charge is 0.497 e. The molecule has 2 saturated heterocycles. The molecule has 10 nitrogen and oxygen atoms in total. The number of nitrogens with zero attached hydrogens (tertiary/aromatic N) is 6. The van der Waals surface area contributed by atoms with Crippen LogP contribution in [-0.2, 0) is 11.2 Å². The molecule has 3 aromatic rings. The second kappa shape index (κ2) is 11.3. The summed E-state index contributed by atoms with van der Waals surface area (Å²) in [5.74, 6) is 3.51. The molecule has 0 spiro atoms. The molecule has 41 heavy (non-hydrogen) atoms. The molecule has 0 radical (unpaired) electrons. The van der Waals surface area contributed by atoms with E-state index >= 15 is 0 Å². The summed E-state index contributed by atoms with van der Waals surface area (Å²) in [5.41, 5.74) is 6.08. The van der Waals surface area contributed by atoms with E-state index in [0.717, 1.165) is 63.0 Å². The number of hydrazine groups is 1. The highest BCUT2D eigenvalue weighted by atomic mass is 16.5. The average Bonchev–Trinajstić information content (AvgIpc) is 3.67. The Labute approximate surface area is 241 Å². The number of piperazine rings is 1. The Balaban J connectivity index is 0.978. The first-order valence-electron chi connectivity index (χ1n) is 15.2. The van der Waals surface area contributed by atoms with Gasteiger partial charge in [-0.15, -0.1) is 10.2 Å².